The number of aromatic nitrogens is 4. The van der Waals surface area contributed by atoms with Crippen LogP contribution in [0, 0.1) is 0 Å². The molecule has 0 aliphatic heterocycles. The van der Waals surface area contributed by atoms with Crippen LogP contribution in [0.1, 0.15) is 20.3 Å². The van der Waals surface area contributed by atoms with Crippen molar-refractivity contribution in [2.45, 2.75) is 32.9 Å². The van der Waals surface area contributed by atoms with Gasteiger partial charge in [0.05, 0.1) is 6.61 Å². The Bertz CT molecular complexity index is 598. The highest BCUT2D eigenvalue weighted by atomic mass is 16.5. The Morgan fingerprint density at radius 1 is 1.32 bits per heavy atom. The van der Waals surface area contributed by atoms with Crippen LogP contribution in [-0.2, 0) is 11.3 Å². The van der Waals surface area contributed by atoms with Crippen LogP contribution in [0.5, 0.6) is 6.01 Å². The molecule has 2 rings (SSSR count). The summed E-state index contributed by atoms with van der Waals surface area (Å²) in [6.07, 6.45) is 2.38. The van der Waals surface area contributed by atoms with Crippen molar-refractivity contribution in [2.75, 3.05) is 32.6 Å². The zero-order valence-corrected chi connectivity index (χ0v) is 13.4. The van der Waals surface area contributed by atoms with Crippen LogP contribution in [-0.4, -0.2) is 52.4 Å². The third kappa shape index (κ3) is 4.05. The molecule has 0 amide bonds. The zero-order valence-electron chi connectivity index (χ0n) is 13.4. The number of ether oxygens (including phenoxy) is 2. The molecule has 0 atom stereocenters. The number of nitrogens with two attached hydrogens (primary N) is 1. The summed E-state index contributed by atoms with van der Waals surface area (Å²) in [6.45, 7) is 6.83. The van der Waals surface area contributed by atoms with E-state index in [1.807, 2.05) is 4.57 Å². The van der Waals surface area contributed by atoms with Gasteiger partial charge < -0.3 is 20.5 Å². The van der Waals surface area contributed by atoms with Gasteiger partial charge in [0.15, 0.2) is 17.0 Å². The average molecular weight is 308 g/mol. The van der Waals surface area contributed by atoms with E-state index in [4.69, 9.17) is 15.2 Å². The molecular weight excluding hydrogens is 284 g/mol. The lowest BCUT2D eigenvalue weighted by Gasteiger charge is -2.11. The van der Waals surface area contributed by atoms with Crippen LogP contribution in [0.15, 0.2) is 6.33 Å². The summed E-state index contributed by atoms with van der Waals surface area (Å²) >= 11 is 0. The van der Waals surface area contributed by atoms with Crippen LogP contribution in [0.4, 0.5) is 5.82 Å². The lowest BCUT2D eigenvalue weighted by molar-refractivity contribution is 0.138. The summed E-state index contributed by atoms with van der Waals surface area (Å²) in [4.78, 5) is 12.7. The molecule has 8 nitrogen and oxygen atoms in total. The van der Waals surface area contributed by atoms with Crippen molar-refractivity contribution < 1.29 is 9.47 Å². The lowest BCUT2D eigenvalue weighted by Crippen LogP contribution is -2.24. The van der Waals surface area contributed by atoms with E-state index < -0.39 is 0 Å². The average Bonchev–Trinajstić information content (AvgIpc) is 2.83. The monoisotopic (exact) mass is 308 g/mol. The highest BCUT2D eigenvalue weighted by Crippen LogP contribution is 2.22. The Labute approximate surface area is 130 Å². The lowest BCUT2D eigenvalue weighted by atomic mass is 10.3. The number of nitrogens with one attached hydrogen (secondary N) is 1. The third-order valence-electron chi connectivity index (χ3n) is 3.15. The van der Waals surface area contributed by atoms with E-state index in [9.17, 15) is 0 Å². The molecule has 22 heavy (non-hydrogen) atoms. The van der Waals surface area contributed by atoms with Crippen molar-refractivity contribution in [3.05, 3.63) is 6.33 Å². The molecule has 2 heterocycles. The minimum absolute atomic E-state index is 0.362. The first-order chi connectivity index (χ1) is 10.6. The Kier molecular flexibility index (Phi) is 5.91. The molecule has 0 saturated heterocycles. The Morgan fingerprint density at radius 3 is 2.86 bits per heavy atom. The maximum Gasteiger partial charge on any atom is 0.298 e. The number of aryl methyl sites for hydroxylation is 1. The van der Waals surface area contributed by atoms with E-state index in [1.165, 1.54) is 6.33 Å². The predicted octanol–water partition coefficient (Wildman–Crippen LogP) is 0.822. The van der Waals surface area contributed by atoms with E-state index >= 15 is 0 Å². The molecule has 0 aromatic carbocycles. The smallest absolute Gasteiger partial charge is 0.298 e. The Hall–Kier alpha value is -1.93. The number of nitrogen functional groups attached to an aromatic ring is 1. The highest BCUT2D eigenvalue weighted by Gasteiger charge is 2.15. The summed E-state index contributed by atoms with van der Waals surface area (Å²) < 4.78 is 12.6. The first-order valence-electron chi connectivity index (χ1n) is 7.45. The molecule has 0 saturated carbocycles. The molecule has 0 aliphatic rings. The van der Waals surface area contributed by atoms with Gasteiger partial charge in [0.25, 0.3) is 6.01 Å². The summed E-state index contributed by atoms with van der Waals surface area (Å²) in [7, 11) is 1.63. The van der Waals surface area contributed by atoms with E-state index in [0.29, 0.717) is 42.2 Å². The summed E-state index contributed by atoms with van der Waals surface area (Å²) in [5, 5.41) is 3.39. The number of hydrogen-bond donors (Lipinski definition) is 2. The van der Waals surface area contributed by atoms with Gasteiger partial charge in [-0.3, -0.25) is 4.57 Å². The molecule has 2 aromatic heterocycles. The second-order valence-electron chi connectivity index (χ2n) is 5.28. The normalized spacial score (nSPS) is 11.5. The van der Waals surface area contributed by atoms with Gasteiger partial charge in [-0.25, -0.2) is 9.97 Å². The van der Waals surface area contributed by atoms with Crippen LogP contribution >= 0.6 is 0 Å². The highest BCUT2D eigenvalue weighted by molar-refractivity contribution is 5.82. The topological polar surface area (TPSA) is 100 Å². The molecule has 2 aromatic rings. The first kappa shape index (κ1) is 16.4. The van der Waals surface area contributed by atoms with Crippen molar-refractivity contribution in [3.63, 3.8) is 0 Å². The molecular formula is C14H24N6O2. The van der Waals surface area contributed by atoms with Crippen LogP contribution in [0.25, 0.3) is 11.2 Å². The molecule has 0 radical (unpaired) electrons. The predicted molar refractivity (Wildman–Crippen MR) is 84.9 cm³/mol. The maximum atomic E-state index is 5.87. The second-order valence-corrected chi connectivity index (χ2v) is 5.28. The maximum absolute atomic E-state index is 5.87. The van der Waals surface area contributed by atoms with Crippen molar-refractivity contribution in [1.82, 2.24) is 24.8 Å². The summed E-state index contributed by atoms with van der Waals surface area (Å²) in [5.74, 6) is 0.362. The summed E-state index contributed by atoms with van der Waals surface area (Å²) in [5.41, 5.74) is 7.14. The standard InChI is InChI=1S/C14H24N6O2/c1-10(2)16-5-4-6-20-13-11(12(15)17-9-18-13)19-14(20)22-8-7-21-3/h9-10,16H,4-8H2,1-3H3,(H2,15,17,18). The number of rotatable bonds is 9. The molecule has 0 aliphatic carbocycles. The fraction of sp³-hybridized carbons (Fsp3) is 0.643. The number of nitrogens with zero attached hydrogens (tertiary/aromatic N) is 4. The van der Waals surface area contributed by atoms with Crippen LogP contribution < -0.4 is 15.8 Å². The molecule has 8 heteroatoms. The van der Waals surface area contributed by atoms with E-state index in [-0.39, 0.29) is 0 Å². The fourth-order valence-electron chi connectivity index (χ4n) is 2.09. The van der Waals surface area contributed by atoms with Crippen molar-refractivity contribution in [3.8, 4) is 6.01 Å². The Morgan fingerprint density at radius 2 is 2.14 bits per heavy atom. The SMILES string of the molecule is COCCOc1nc2c(N)ncnc2n1CCCNC(C)C. The molecule has 0 bridgehead atoms. The van der Waals surface area contributed by atoms with Crippen molar-refractivity contribution >= 4 is 17.0 Å². The van der Waals surface area contributed by atoms with E-state index in [2.05, 4.69) is 34.1 Å². The number of fused-ring (bicyclic) bond motifs is 1. The first-order valence-corrected chi connectivity index (χ1v) is 7.45. The van der Waals surface area contributed by atoms with Gasteiger partial charge >= 0.3 is 0 Å². The number of hydrogen-bond acceptors (Lipinski definition) is 7. The molecule has 0 unspecified atom stereocenters. The van der Waals surface area contributed by atoms with Gasteiger partial charge in [-0.05, 0) is 13.0 Å². The second kappa shape index (κ2) is 7.90. The van der Waals surface area contributed by atoms with Gasteiger partial charge in [0, 0.05) is 19.7 Å². The minimum Gasteiger partial charge on any atom is -0.462 e. The van der Waals surface area contributed by atoms with Gasteiger partial charge in [-0.15, -0.1) is 0 Å². The fourth-order valence-corrected chi connectivity index (χ4v) is 2.09. The molecule has 0 fully saturated rings. The quantitative estimate of drug-likeness (QED) is 0.661. The number of imidazole rings is 1. The van der Waals surface area contributed by atoms with Crippen molar-refractivity contribution in [2.24, 2.45) is 0 Å². The minimum atomic E-state index is 0.362. The molecule has 0 spiro atoms. The third-order valence-corrected chi connectivity index (χ3v) is 3.15. The molecule has 122 valence electrons. The Balaban J connectivity index is 2.16. The van der Waals surface area contributed by atoms with Crippen LogP contribution in [0.2, 0.25) is 0 Å². The van der Waals surface area contributed by atoms with Crippen molar-refractivity contribution in [1.29, 1.82) is 0 Å². The summed E-state index contributed by atoms with van der Waals surface area (Å²) in [6, 6.07) is 0.971. The van der Waals surface area contributed by atoms with Crippen LogP contribution in [0.3, 0.4) is 0 Å². The number of methoxy groups -OCH3 is 1. The van der Waals surface area contributed by atoms with Gasteiger partial charge in [-0.1, -0.05) is 13.8 Å². The van der Waals surface area contributed by atoms with Gasteiger partial charge in [-0.2, -0.15) is 4.98 Å². The van der Waals surface area contributed by atoms with Gasteiger partial charge in [0.2, 0.25) is 0 Å². The largest absolute Gasteiger partial charge is 0.462 e. The van der Waals surface area contributed by atoms with E-state index in [1.54, 1.807) is 7.11 Å². The van der Waals surface area contributed by atoms with Gasteiger partial charge in [0.1, 0.15) is 12.9 Å². The number of anilines is 1. The zero-order chi connectivity index (χ0) is 15.9. The van der Waals surface area contributed by atoms with E-state index in [0.717, 1.165) is 19.5 Å². The molecule has 3 N–H and O–H groups in total.